The van der Waals surface area contributed by atoms with E-state index < -0.39 is 0 Å². The van der Waals surface area contributed by atoms with E-state index in [9.17, 15) is 0 Å². The molecule has 1 aromatic carbocycles. The molecule has 0 saturated heterocycles. The van der Waals surface area contributed by atoms with E-state index in [0.29, 0.717) is 12.4 Å². The van der Waals surface area contributed by atoms with Crippen molar-refractivity contribution in [1.82, 2.24) is 0 Å². The molecule has 0 heterocycles. The van der Waals surface area contributed by atoms with Gasteiger partial charge >= 0.3 is 0 Å². The van der Waals surface area contributed by atoms with E-state index in [0.717, 1.165) is 23.4 Å². The average molecular weight is 358 g/mol. The number of benzene rings is 1. The van der Waals surface area contributed by atoms with E-state index in [4.69, 9.17) is 9.98 Å². The minimum Gasteiger partial charge on any atom is -0.265 e. The van der Waals surface area contributed by atoms with Gasteiger partial charge in [0, 0.05) is 11.5 Å². The summed E-state index contributed by atoms with van der Waals surface area (Å²) in [5.41, 5.74) is 3.24. The minimum atomic E-state index is 0.127. The summed E-state index contributed by atoms with van der Waals surface area (Å²) < 4.78 is 0. The summed E-state index contributed by atoms with van der Waals surface area (Å²) in [5, 5.41) is 0. The summed E-state index contributed by atoms with van der Waals surface area (Å²) in [6.45, 7) is 12.2. The van der Waals surface area contributed by atoms with Crippen molar-refractivity contribution < 1.29 is 0 Å². The highest BCUT2D eigenvalue weighted by atomic mass is 15.0. The van der Waals surface area contributed by atoms with Crippen LogP contribution in [0.1, 0.15) is 25.8 Å². The lowest BCUT2D eigenvalue weighted by Crippen LogP contribution is -2.15. The van der Waals surface area contributed by atoms with Gasteiger partial charge in [0.1, 0.15) is 5.84 Å². The fourth-order valence-electron chi connectivity index (χ4n) is 2.64. The maximum absolute atomic E-state index is 4.81. The van der Waals surface area contributed by atoms with Gasteiger partial charge in [-0.15, -0.1) is 0 Å². The van der Waals surface area contributed by atoms with Crippen LogP contribution >= 0.6 is 0 Å². The van der Waals surface area contributed by atoms with Gasteiger partial charge < -0.3 is 0 Å². The van der Waals surface area contributed by atoms with Gasteiger partial charge in [-0.2, -0.15) is 0 Å². The molecule has 0 aromatic heterocycles. The summed E-state index contributed by atoms with van der Waals surface area (Å²) in [7, 11) is 0. The van der Waals surface area contributed by atoms with Crippen LogP contribution in [0.25, 0.3) is 0 Å². The van der Waals surface area contributed by atoms with Crippen molar-refractivity contribution in [3.8, 4) is 0 Å². The van der Waals surface area contributed by atoms with Crippen molar-refractivity contribution in [2.75, 3.05) is 0 Å². The summed E-state index contributed by atoms with van der Waals surface area (Å²) >= 11 is 0. The van der Waals surface area contributed by atoms with E-state index in [2.05, 4.69) is 55.6 Å². The standard InChI is InChI=1S/C24H27N3/c1-5-7-13-21(6-2)23(25-4)27-24(22-16-14-19(3)15-17-22)26-18-20-11-9-8-10-12-20/h5-16,22H,2,4,17-18H2,1,3H3/b7-5-,21-13+,26-24?,27-23?. The van der Waals surface area contributed by atoms with Gasteiger partial charge in [0.2, 0.25) is 0 Å². The second-order valence-corrected chi connectivity index (χ2v) is 6.25. The summed E-state index contributed by atoms with van der Waals surface area (Å²) in [5.74, 6) is 1.42. The molecule has 1 aliphatic rings. The van der Waals surface area contributed by atoms with E-state index >= 15 is 0 Å². The molecule has 1 aliphatic carbocycles. The van der Waals surface area contributed by atoms with Gasteiger partial charge in [-0.1, -0.05) is 85.0 Å². The van der Waals surface area contributed by atoms with E-state index in [-0.39, 0.29) is 5.92 Å². The third-order valence-electron chi connectivity index (χ3n) is 4.20. The van der Waals surface area contributed by atoms with Crippen LogP contribution in [-0.4, -0.2) is 18.4 Å². The van der Waals surface area contributed by atoms with Crippen molar-refractivity contribution in [2.45, 2.75) is 26.8 Å². The number of allylic oxidation sites excluding steroid dienone is 6. The average Bonchev–Trinajstić information content (AvgIpc) is 2.71. The van der Waals surface area contributed by atoms with Crippen LogP contribution in [0.3, 0.4) is 0 Å². The third kappa shape index (κ3) is 6.30. The van der Waals surface area contributed by atoms with Gasteiger partial charge in [-0.3, -0.25) is 4.99 Å². The molecule has 0 spiro atoms. The first-order valence-corrected chi connectivity index (χ1v) is 9.12. The lowest BCUT2D eigenvalue weighted by molar-refractivity contribution is 0.836. The zero-order valence-electron chi connectivity index (χ0n) is 16.2. The largest absolute Gasteiger partial charge is 0.265 e. The molecule has 1 atom stereocenters. The highest BCUT2D eigenvalue weighted by molar-refractivity contribution is 6.10. The first kappa shape index (κ1) is 20.2. The molecule has 0 radical (unpaired) electrons. The maximum Gasteiger partial charge on any atom is 0.160 e. The Kier molecular flexibility index (Phi) is 8.11. The van der Waals surface area contributed by atoms with E-state index in [1.807, 2.05) is 43.4 Å². The molecule has 0 N–H and O–H groups in total. The Morgan fingerprint density at radius 3 is 2.63 bits per heavy atom. The van der Waals surface area contributed by atoms with Crippen molar-refractivity contribution in [2.24, 2.45) is 20.9 Å². The molecule has 0 saturated carbocycles. The third-order valence-corrected chi connectivity index (χ3v) is 4.20. The predicted octanol–water partition coefficient (Wildman–Crippen LogP) is 5.90. The van der Waals surface area contributed by atoms with Crippen molar-refractivity contribution in [1.29, 1.82) is 0 Å². The highest BCUT2D eigenvalue weighted by Crippen LogP contribution is 2.20. The first-order valence-electron chi connectivity index (χ1n) is 9.12. The van der Waals surface area contributed by atoms with Crippen LogP contribution in [0.15, 0.2) is 106 Å². The van der Waals surface area contributed by atoms with Crippen molar-refractivity contribution >= 4 is 18.4 Å². The zero-order valence-corrected chi connectivity index (χ0v) is 16.2. The summed E-state index contributed by atoms with van der Waals surface area (Å²) in [4.78, 5) is 13.7. The Bertz CT molecular complexity index is 834. The van der Waals surface area contributed by atoms with Crippen LogP contribution in [0, 0.1) is 5.92 Å². The highest BCUT2D eigenvalue weighted by Gasteiger charge is 2.15. The van der Waals surface area contributed by atoms with E-state index in [1.165, 1.54) is 5.57 Å². The topological polar surface area (TPSA) is 37.1 Å². The van der Waals surface area contributed by atoms with Crippen molar-refractivity contribution in [3.63, 3.8) is 0 Å². The second-order valence-electron chi connectivity index (χ2n) is 6.25. The molecule has 27 heavy (non-hydrogen) atoms. The minimum absolute atomic E-state index is 0.127. The molecule has 3 heteroatoms. The number of rotatable bonds is 6. The monoisotopic (exact) mass is 357 g/mol. The van der Waals surface area contributed by atoms with Crippen LogP contribution in [-0.2, 0) is 6.54 Å². The van der Waals surface area contributed by atoms with Gasteiger partial charge in [0.05, 0.1) is 6.54 Å². The van der Waals surface area contributed by atoms with Gasteiger partial charge in [0.15, 0.2) is 5.84 Å². The second kappa shape index (κ2) is 10.8. The number of hydrogen-bond donors (Lipinski definition) is 0. The van der Waals surface area contributed by atoms with Crippen LogP contribution in [0.2, 0.25) is 0 Å². The Morgan fingerprint density at radius 1 is 1.26 bits per heavy atom. The lowest BCUT2D eigenvalue weighted by Gasteiger charge is -2.15. The molecule has 2 rings (SSSR count). The number of aliphatic imine (C=N–C) groups is 3. The molecule has 0 fully saturated rings. The van der Waals surface area contributed by atoms with E-state index in [1.54, 1.807) is 6.08 Å². The van der Waals surface area contributed by atoms with Crippen LogP contribution < -0.4 is 0 Å². The zero-order chi connectivity index (χ0) is 19.5. The molecular weight excluding hydrogens is 330 g/mol. The fraction of sp³-hybridized carbons (Fsp3) is 0.208. The normalized spacial score (nSPS) is 18.5. The molecule has 1 aromatic rings. The lowest BCUT2D eigenvalue weighted by atomic mass is 9.96. The molecule has 0 bridgehead atoms. The SMILES string of the molecule is C=C/C(=C\C=C/C)C(N=C)=NC(=NCc1ccccc1)C1C=CC(C)=CC1. The van der Waals surface area contributed by atoms with Crippen LogP contribution in [0.5, 0.6) is 0 Å². The molecular formula is C24H27N3. The number of amidine groups is 2. The quantitative estimate of drug-likeness (QED) is 0.345. The molecule has 1 unspecified atom stereocenters. The molecule has 0 amide bonds. The van der Waals surface area contributed by atoms with Gasteiger partial charge in [0.25, 0.3) is 0 Å². The maximum atomic E-state index is 4.81. The van der Waals surface area contributed by atoms with Crippen LogP contribution in [0.4, 0.5) is 0 Å². The van der Waals surface area contributed by atoms with Crippen molar-refractivity contribution in [3.05, 3.63) is 96.2 Å². The Balaban J connectivity index is 2.39. The summed E-state index contributed by atoms with van der Waals surface area (Å²) in [6, 6.07) is 10.2. The Labute approximate surface area is 162 Å². The smallest absolute Gasteiger partial charge is 0.160 e. The number of hydrogen-bond acceptors (Lipinski definition) is 1. The van der Waals surface area contributed by atoms with Gasteiger partial charge in [-0.25, -0.2) is 9.98 Å². The predicted molar refractivity (Wildman–Crippen MR) is 119 cm³/mol. The Morgan fingerprint density at radius 2 is 2.04 bits per heavy atom. The fourth-order valence-corrected chi connectivity index (χ4v) is 2.64. The molecule has 138 valence electrons. The number of nitrogens with zero attached hydrogens (tertiary/aromatic N) is 3. The molecule has 0 aliphatic heterocycles. The molecule has 3 nitrogen and oxygen atoms in total. The Hall–Kier alpha value is -3.07. The first-order chi connectivity index (χ1) is 13.2. The summed E-state index contributed by atoms with van der Waals surface area (Å²) in [6.07, 6.45) is 14.9. The van der Waals surface area contributed by atoms with Gasteiger partial charge in [-0.05, 0) is 32.5 Å².